The first-order valence-electron chi connectivity index (χ1n) is 4.93. The molecule has 0 radical (unpaired) electrons. The number of rotatable bonds is 3. The summed E-state index contributed by atoms with van der Waals surface area (Å²) in [4.78, 5) is 0. The third kappa shape index (κ3) is 2.86. The molecule has 1 rings (SSSR count). The summed E-state index contributed by atoms with van der Waals surface area (Å²) in [5, 5.41) is 18.5. The minimum Gasteiger partial charge on any atom is -0.392 e. The van der Waals surface area contributed by atoms with Crippen LogP contribution in [0.25, 0.3) is 0 Å². The SMILES string of the molecule is N#C[C@H]1[C@H](CCCCl)CCC[C@@H]1O. The molecule has 0 unspecified atom stereocenters. The summed E-state index contributed by atoms with van der Waals surface area (Å²) >= 11 is 5.60. The molecule has 2 nitrogen and oxygen atoms in total. The molecule has 3 heteroatoms. The van der Waals surface area contributed by atoms with Crippen LogP contribution in [0.2, 0.25) is 0 Å². The molecule has 74 valence electrons. The molecule has 3 atom stereocenters. The topological polar surface area (TPSA) is 44.0 Å². The number of aliphatic hydroxyl groups excluding tert-OH is 1. The molecular formula is C10H16ClNO. The van der Waals surface area contributed by atoms with Crippen molar-refractivity contribution in [1.29, 1.82) is 5.26 Å². The monoisotopic (exact) mass is 201 g/mol. The van der Waals surface area contributed by atoms with Crippen LogP contribution in [0, 0.1) is 23.2 Å². The Balaban J connectivity index is 2.45. The average molecular weight is 202 g/mol. The summed E-state index contributed by atoms with van der Waals surface area (Å²) in [5.41, 5.74) is 0. The van der Waals surface area contributed by atoms with Gasteiger partial charge in [0.25, 0.3) is 0 Å². The van der Waals surface area contributed by atoms with Crippen molar-refractivity contribution in [2.45, 2.75) is 38.2 Å². The van der Waals surface area contributed by atoms with Crippen LogP contribution in [0.5, 0.6) is 0 Å². The molecule has 0 aromatic heterocycles. The van der Waals surface area contributed by atoms with E-state index in [0.29, 0.717) is 11.8 Å². The number of hydrogen-bond donors (Lipinski definition) is 1. The predicted molar refractivity (Wildman–Crippen MR) is 52.4 cm³/mol. The highest BCUT2D eigenvalue weighted by Crippen LogP contribution is 2.33. The van der Waals surface area contributed by atoms with Gasteiger partial charge in [0.1, 0.15) is 0 Å². The van der Waals surface area contributed by atoms with E-state index < -0.39 is 6.10 Å². The van der Waals surface area contributed by atoms with Gasteiger partial charge in [0.05, 0.1) is 18.1 Å². The second-order valence-electron chi connectivity index (χ2n) is 3.74. The molecule has 0 spiro atoms. The third-order valence-electron chi connectivity index (χ3n) is 2.85. The van der Waals surface area contributed by atoms with Gasteiger partial charge in [-0.2, -0.15) is 5.26 Å². The number of alkyl halides is 1. The van der Waals surface area contributed by atoms with Crippen molar-refractivity contribution < 1.29 is 5.11 Å². The Kier molecular flexibility index (Phi) is 4.55. The highest BCUT2D eigenvalue weighted by atomic mass is 35.5. The highest BCUT2D eigenvalue weighted by Gasteiger charge is 2.31. The second-order valence-corrected chi connectivity index (χ2v) is 4.12. The fourth-order valence-electron chi connectivity index (χ4n) is 2.12. The summed E-state index contributed by atoms with van der Waals surface area (Å²) in [6.07, 6.45) is 4.45. The highest BCUT2D eigenvalue weighted by molar-refractivity contribution is 6.17. The molecule has 0 bridgehead atoms. The lowest BCUT2D eigenvalue weighted by atomic mass is 9.76. The molecule has 1 N–H and O–H groups in total. The van der Waals surface area contributed by atoms with Gasteiger partial charge < -0.3 is 5.11 Å². The lowest BCUT2D eigenvalue weighted by molar-refractivity contribution is 0.0583. The maximum atomic E-state index is 9.58. The van der Waals surface area contributed by atoms with Gasteiger partial charge >= 0.3 is 0 Å². The molecule has 0 heterocycles. The van der Waals surface area contributed by atoms with Crippen LogP contribution >= 0.6 is 11.6 Å². The van der Waals surface area contributed by atoms with Crippen molar-refractivity contribution in [3.05, 3.63) is 0 Å². The average Bonchev–Trinajstić information content (AvgIpc) is 2.15. The van der Waals surface area contributed by atoms with Gasteiger partial charge in [0.2, 0.25) is 0 Å². The number of nitrogens with zero attached hydrogens (tertiary/aromatic N) is 1. The van der Waals surface area contributed by atoms with E-state index in [9.17, 15) is 5.11 Å². The zero-order valence-electron chi connectivity index (χ0n) is 7.75. The van der Waals surface area contributed by atoms with Gasteiger partial charge in [-0.05, 0) is 31.6 Å². The van der Waals surface area contributed by atoms with Crippen molar-refractivity contribution in [1.82, 2.24) is 0 Å². The van der Waals surface area contributed by atoms with Crippen molar-refractivity contribution >= 4 is 11.6 Å². The fourth-order valence-corrected chi connectivity index (χ4v) is 2.27. The normalized spacial score (nSPS) is 34.1. The fraction of sp³-hybridized carbons (Fsp3) is 0.900. The van der Waals surface area contributed by atoms with Crippen LogP contribution in [0.4, 0.5) is 0 Å². The number of nitriles is 1. The van der Waals surface area contributed by atoms with Crippen LogP contribution in [-0.4, -0.2) is 17.1 Å². The van der Waals surface area contributed by atoms with Crippen LogP contribution in [0.3, 0.4) is 0 Å². The van der Waals surface area contributed by atoms with E-state index in [2.05, 4.69) is 6.07 Å². The summed E-state index contributed by atoms with van der Waals surface area (Å²) < 4.78 is 0. The molecule has 0 aromatic rings. The first-order valence-corrected chi connectivity index (χ1v) is 5.46. The quantitative estimate of drug-likeness (QED) is 0.713. The van der Waals surface area contributed by atoms with Crippen LogP contribution in [0.1, 0.15) is 32.1 Å². The zero-order valence-corrected chi connectivity index (χ0v) is 8.50. The van der Waals surface area contributed by atoms with E-state index in [-0.39, 0.29) is 5.92 Å². The van der Waals surface area contributed by atoms with Gasteiger partial charge in [0, 0.05) is 5.88 Å². The molecule has 0 aliphatic heterocycles. The molecule has 1 saturated carbocycles. The lowest BCUT2D eigenvalue weighted by Crippen LogP contribution is -2.31. The predicted octanol–water partition coefficient (Wildman–Crippen LogP) is 2.31. The molecule has 0 aromatic carbocycles. The molecule has 0 saturated heterocycles. The van der Waals surface area contributed by atoms with Crippen LogP contribution in [-0.2, 0) is 0 Å². The van der Waals surface area contributed by atoms with Crippen LogP contribution in [0.15, 0.2) is 0 Å². The molecule has 1 fully saturated rings. The van der Waals surface area contributed by atoms with Gasteiger partial charge in [0.15, 0.2) is 0 Å². The van der Waals surface area contributed by atoms with E-state index in [4.69, 9.17) is 16.9 Å². The first-order chi connectivity index (χ1) is 6.29. The minimum atomic E-state index is -0.404. The standard InChI is InChI=1S/C10H16ClNO/c11-6-2-4-8-3-1-5-10(13)9(8)7-12/h8-10,13H,1-6H2/t8-,9-,10-/m0/s1. The van der Waals surface area contributed by atoms with Gasteiger partial charge in [-0.25, -0.2) is 0 Å². The molecule has 13 heavy (non-hydrogen) atoms. The van der Waals surface area contributed by atoms with Crippen molar-refractivity contribution in [2.24, 2.45) is 11.8 Å². The summed E-state index contributed by atoms with van der Waals surface area (Å²) in [6.45, 7) is 0. The molecule has 1 aliphatic rings. The van der Waals surface area contributed by atoms with Crippen molar-refractivity contribution in [3.63, 3.8) is 0 Å². The Labute approximate surface area is 84.5 Å². The summed E-state index contributed by atoms with van der Waals surface area (Å²) in [5.74, 6) is 0.870. The Morgan fingerprint density at radius 2 is 2.23 bits per heavy atom. The third-order valence-corrected chi connectivity index (χ3v) is 3.12. The molecule has 1 aliphatic carbocycles. The number of hydrogen-bond acceptors (Lipinski definition) is 2. The van der Waals surface area contributed by atoms with Crippen LogP contribution < -0.4 is 0 Å². The van der Waals surface area contributed by atoms with E-state index in [0.717, 1.165) is 32.1 Å². The summed E-state index contributed by atoms with van der Waals surface area (Å²) in [6, 6.07) is 2.22. The van der Waals surface area contributed by atoms with Gasteiger partial charge in [-0.3, -0.25) is 0 Å². The first kappa shape index (κ1) is 10.8. The molecule has 0 amide bonds. The van der Waals surface area contributed by atoms with E-state index >= 15 is 0 Å². The van der Waals surface area contributed by atoms with E-state index in [1.165, 1.54) is 0 Å². The van der Waals surface area contributed by atoms with E-state index in [1.807, 2.05) is 0 Å². The molecular weight excluding hydrogens is 186 g/mol. The number of aliphatic hydroxyl groups is 1. The zero-order chi connectivity index (χ0) is 9.68. The Morgan fingerprint density at radius 3 is 2.85 bits per heavy atom. The maximum absolute atomic E-state index is 9.58. The number of halogens is 1. The Hall–Kier alpha value is -0.260. The van der Waals surface area contributed by atoms with Gasteiger partial charge in [-0.1, -0.05) is 6.42 Å². The summed E-state index contributed by atoms with van der Waals surface area (Å²) in [7, 11) is 0. The van der Waals surface area contributed by atoms with E-state index in [1.54, 1.807) is 0 Å². The maximum Gasteiger partial charge on any atom is 0.0750 e. The van der Waals surface area contributed by atoms with Crippen molar-refractivity contribution in [3.8, 4) is 6.07 Å². The minimum absolute atomic E-state index is 0.156. The van der Waals surface area contributed by atoms with Gasteiger partial charge in [-0.15, -0.1) is 11.6 Å². The van der Waals surface area contributed by atoms with Crippen molar-refractivity contribution in [2.75, 3.05) is 5.88 Å². The smallest absolute Gasteiger partial charge is 0.0750 e. The Bertz CT molecular complexity index is 190. The second kappa shape index (κ2) is 5.47. The largest absolute Gasteiger partial charge is 0.392 e. The Morgan fingerprint density at radius 1 is 1.46 bits per heavy atom. The lowest BCUT2D eigenvalue weighted by Gasteiger charge is -2.30.